The molecular formula is C11H11N3O4. The van der Waals surface area contributed by atoms with E-state index in [-0.39, 0.29) is 17.9 Å². The normalized spacial score (nSPS) is 10.6. The molecule has 0 unspecified atom stereocenters. The van der Waals surface area contributed by atoms with Crippen LogP contribution in [0.3, 0.4) is 0 Å². The number of Topliss-reactive ketones (excluding diaryl/α,β-unsaturated/α-hetero) is 1. The van der Waals surface area contributed by atoms with E-state index >= 15 is 0 Å². The highest BCUT2D eigenvalue weighted by Crippen LogP contribution is 2.15. The Labute approximate surface area is 101 Å². The summed E-state index contributed by atoms with van der Waals surface area (Å²) in [6.45, 7) is 1.18. The van der Waals surface area contributed by atoms with E-state index in [1.165, 1.54) is 13.0 Å². The maximum absolute atomic E-state index is 11.6. The largest absolute Gasteiger partial charge is 0.420 e. The van der Waals surface area contributed by atoms with E-state index in [1.807, 2.05) is 5.43 Å². The number of carbonyl (C=O) groups excluding carboxylic acids is 2. The van der Waals surface area contributed by atoms with E-state index in [0.717, 1.165) is 4.57 Å². The Kier molecular flexibility index (Phi) is 2.99. The van der Waals surface area contributed by atoms with E-state index in [4.69, 9.17) is 10.3 Å². The third-order valence-electron chi connectivity index (χ3n) is 2.54. The monoisotopic (exact) mass is 249 g/mol. The van der Waals surface area contributed by atoms with Crippen molar-refractivity contribution < 1.29 is 14.0 Å². The van der Waals surface area contributed by atoms with Gasteiger partial charge in [-0.25, -0.2) is 10.6 Å². The van der Waals surface area contributed by atoms with Crippen LogP contribution in [0.5, 0.6) is 0 Å². The lowest BCUT2D eigenvalue weighted by Crippen LogP contribution is -2.35. The lowest BCUT2D eigenvalue weighted by molar-refractivity contribution is -0.121. The van der Waals surface area contributed by atoms with Gasteiger partial charge < -0.3 is 4.42 Å². The first-order valence-electron chi connectivity index (χ1n) is 5.16. The highest BCUT2D eigenvalue weighted by Gasteiger charge is 2.13. The fourth-order valence-electron chi connectivity index (χ4n) is 1.62. The molecule has 0 aliphatic carbocycles. The van der Waals surface area contributed by atoms with Crippen molar-refractivity contribution in [3.8, 4) is 0 Å². The van der Waals surface area contributed by atoms with Crippen LogP contribution in [-0.2, 0) is 11.3 Å². The molecule has 3 N–H and O–H groups in total. The highest BCUT2D eigenvalue weighted by molar-refractivity contribution is 5.97. The van der Waals surface area contributed by atoms with E-state index in [1.54, 1.807) is 12.1 Å². The molecule has 7 nitrogen and oxygen atoms in total. The van der Waals surface area contributed by atoms with Crippen molar-refractivity contribution in [2.45, 2.75) is 13.5 Å². The summed E-state index contributed by atoms with van der Waals surface area (Å²) in [5.74, 6) is 3.63. The number of nitrogens with two attached hydrogens (primary N) is 1. The topological polar surface area (TPSA) is 107 Å². The quantitative estimate of drug-likeness (QED) is 0.338. The first-order valence-corrected chi connectivity index (χ1v) is 5.16. The molecule has 7 heteroatoms. The predicted octanol–water partition coefficient (Wildman–Crippen LogP) is -0.213. The Bertz CT molecular complexity index is 683. The molecule has 0 atom stereocenters. The zero-order valence-electron chi connectivity index (χ0n) is 9.60. The van der Waals surface area contributed by atoms with Crippen LogP contribution in [-0.4, -0.2) is 16.3 Å². The first-order chi connectivity index (χ1) is 8.52. The molecule has 1 amide bonds. The first kappa shape index (κ1) is 12.1. The Morgan fingerprint density at radius 2 is 2.17 bits per heavy atom. The van der Waals surface area contributed by atoms with Crippen LogP contribution >= 0.6 is 0 Å². The molecule has 0 saturated heterocycles. The number of amides is 1. The molecular weight excluding hydrogens is 238 g/mol. The third-order valence-corrected chi connectivity index (χ3v) is 2.54. The molecule has 1 aromatic heterocycles. The van der Waals surface area contributed by atoms with Crippen LogP contribution in [0.4, 0.5) is 0 Å². The van der Waals surface area contributed by atoms with Gasteiger partial charge in [0, 0.05) is 5.56 Å². The van der Waals surface area contributed by atoms with Crippen LogP contribution in [0, 0.1) is 0 Å². The van der Waals surface area contributed by atoms with E-state index in [0.29, 0.717) is 11.1 Å². The number of carbonyl (C=O) groups is 2. The molecule has 94 valence electrons. The number of ketones is 1. The fraction of sp³-hybridized carbons (Fsp3) is 0.182. The third kappa shape index (κ3) is 2.03. The lowest BCUT2D eigenvalue weighted by atomic mass is 10.1. The predicted molar refractivity (Wildman–Crippen MR) is 62.8 cm³/mol. The van der Waals surface area contributed by atoms with Gasteiger partial charge >= 0.3 is 5.76 Å². The Morgan fingerprint density at radius 1 is 1.44 bits per heavy atom. The average Bonchev–Trinajstić information content (AvgIpc) is 2.64. The van der Waals surface area contributed by atoms with Crippen molar-refractivity contribution in [2.75, 3.05) is 0 Å². The second kappa shape index (κ2) is 4.46. The van der Waals surface area contributed by atoms with Gasteiger partial charge in [0.05, 0.1) is 5.52 Å². The molecule has 2 rings (SSSR count). The molecule has 2 aromatic rings. The van der Waals surface area contributed by atoms with E-state index in [9.17, 15) is 14.4 Å². The second-order valence-corrected chi connectivity index (χ2v) is 3.76. The van der Waals surface area contributed by atoms with Crippen LogP contribution in [0.15, 0.2) is 27.4 Å². The summed E-state index contributed by atoms with van der Waals surface area (Å²) >= 11 is 0. The summed E-state index contributed by atoms with van der Waals surface area (Å²) in [5, 5.41) is 0. The van der Waals surface area contributed by atoms with Crippen LogP contribution < -0.4 is 17.0 Å². The molecule has 0 aliphatic heterocycles. The van der Waals surface area contributed by atoms with Gasteiger partial charge in [-0.2, -0.15) is 0 Å². The Hall–Kier alpha value is -2.41. The zero-order valence-corrected chi connectivity index (χ0v) is 9.60. The minimum atomic E-state index is -0.672. The van der Waals surface area contributed by atoms with Crippen molar-refractivity contribution in [2.24, 2.45) is 5.84 Å². The summed E-state index contributed by atoms with van der Waals surface area (Å²) in [6.07, 6.45) is 0. The number of fused-ring (bicyclic) bond motifs is 1. The summed E-state index contributed by atoms with van der Waals surface area (Å²) in [4.78, 5) is 33.9. The van der Waals surface area contributed by atoms with Crippen molar-refractivity contribution in [3.63, 3.8) is 0 Å². The molecule has 0 fully saturated rings. The maximum Gasteiger partial charge on any atom is 0.420 e. The fourth-order valence-corrected chi connectivity index (χ4v) is 1.62. The average molecular weight is 249 g/mol. The van der Waals surface area contributed by atoms with Crippen LogP contribution in [0.2, 0.25) is 0 Å². The number of aromatic nitrogens is 1. The van der Waals surface area contributed by atoms with Crippen molar-refractivity contribution in [1.29, 1.82) is 0 Å². The molecule has 0 bridgehead atoms. The molecule has 0 spiro atoms. The molecule has 1 heterocycles. The number of benzene rings is 1. The summed E-state index contributed by atoms with van der Waals surface area (Å²) in [7, 11) is 0. The Morgan fingerprint density at radius 3 is 2.78 bits per heavy atom. The minimum Gasteiger partial charge on any atom is -0.408 e. The number of hydrogen-bond donors (Lipinski definition) is 2. The van der Waals surface area contributed by atoms with Gasteiger partial charge in [-0.1, -0.05) is 0 Å². The smallest absolute Gasteiger partial charge is 0.408 e. The minimum absolute atomic E-state index is 0.132. The van der Waals surface area contributed by atoms with Crippen molar-refractivity contribution >= 4 is 22.8 Å². The summed E-state index contributed by atoms with van der Waals surface area (Å²) < 4.78 is 6.11. The van der Waals surface area contributed by atoms with Crippen LogP contribution in [0.25, 0.3) is 11.1 Å². The number of oxazole rings is 1. The summed E-state index contributed by atoms with van der Waals surface area (Å²) in [6, 6.07) is 4.59. The number of hydrogen-bond acceptors (Lipinski definition) is 5. The highest BCUT2D eigenvalue weighted by atomic mass is 16.4. The molecule has 0 radical (unpaired) electrons. The number of hydrazine groups is 1. The Balaban J connectivity index is 2.55. The van der Waals surface area contributed by atoms with Crippen molar-refractivity contribution in [3.05, 3.63) is 34.3 Å². The number of rotatable bonds is 3. The van der Waals surface area contributed by atoms with Gasteiger partial charge in [-0.3, -0.25) is 19.6 Å². The van der Waals surface area contributed by atoms with Gasteiger partial charge in [-0.05, 0) is 25.1 Å². The number of nitrogens with zero attached hydrogens (tertiary/aromatic N) is 1. The van der Waals surface area contributed by atoms with Gasteiger partial charge in [0.15, 0.2) is 11.4 Å². The van der Waals surface area contributed by atoms with Crippen molar-refractivity contribution in [1.82, 2.24) is 9.99 Å². The summed E-state index contributed by atoms with van der Waals surface area (Å²) in [5.41, 5.74) is 3.07. The van der Waals surface area contributed by atoms with Gasteiger partial charge in [0.25, 0.3) is 5.91 Å². The zero-order chi connectivity index (χ0) is 13.3. The van der Waals surface area contributed by atoms with E-state index in [2.05, 4.69) is 0 Å². The molecule has 1 aromatic carbocycles. The lowest BCUT2D eigenvalue weighted by Gasteiger charge is -2.00. The molecule has 0 saturated carbocycles. The number of nitrogens with one attached hydrogen (secondary N) is 1. The second-order valence-electron chi connectivity index (χ2n) is 3.76. The SMILES string of the molecule is CC(=O)c1ccc2c(c1)oc(=O)n2CC(=O)NN. The standard InChI is InChI=1S/C11H11N3O4/c1-6(15)7-2-3-8-9(4-7)18-11(17)14(8)5-10(16)13-12/h2-4H,5,12H2,1H3,(H,13,16). The van der Waals surface area contributed by atoms with Gasteiger partial charge in [0.1, 0.15) is 6.54 Å². The van der Waals surface area contributed by atoms with Gasteiger partial charge in [0.2, 0.25) is 0 Å². The molecule has 0 aliphatic rings. The van der Waals surface area contributed by atoms with Crippen LogP contribution in [0.1, 0.15) is 17.3 Å². The molecule has 18 heavy (non-hydrogen) atoms. The van der Waals surface area contributed by atoms with E-state index < -0.39 is 11.7 Å². The maximum atomic E-state index is 11.6. The van der Waals surface area contributed by atoms with Gasteiger partial charge in [-0.15, -0.1) is 0 Å².